The molecule has 2 aliphatic carbocycles. The Balaban J connectivity index is 2.36. The van der Waals surface area contributed by atoms with Crippen molar-refractivity contribution in [3.8, 4) is 0 Å². The van der Waals surface area contributed by atoms with Gasteiger partial charge in [0.2, 0.25) is 0 Å². The minimum absolute atomic E-state index is 0.116. The van der Waals surface area contributed by atoms with Crippen LogP contribution in [0.1, 0.15) is 46.0 Å². The molecule has 0 aromatic rings. The first kappa shape index (κ1) is 12.2. The van der Waals surface area contributed by atoms with Crippen molar-refractivity contribution < 1.29 is 18.9 Å². The van der Waals surface area contributed by atoms with Gasteiger partial charge in [-0.3, -0.25) is 9.79 Å². The van der Waals surface area contributed by atoms with E-state index < -0.39 is 7.82 Å². The lowest BCUT2D eigenvalue weighted by Gasteiger charge is -2.37. The lowest BCUT2D eigenvalue weighted by Crippen LogP contribution is -2.29. The van der Waals surface area contributed by atoms with Gasteiger partial charge in [0, 0.05) is 5.41 Å². The molecule has 0 amide bonds. The van der Waals surface area contributed by atoms with Gasteiger partial charge in [0.15, 0.2) is 0 Å². The molecule has 0 aliphatic heterocycles. The summed E-state index contributed by atoms with van der Waals surface area (Å²) in [5.41, 5.74) is 1.02. The van der Waals surface area contributed by atoms with E-state index in [0.717, 1.165) is 37.7 Å². The standard InChI is InChI=1S/C11H19O4P/c1-3-11(4-2)9-6-5-8(7-9)10(11)15-16(12,13)14/h9H,3-7H2,1-2H3,(H2,12,13,14). The van der Waals surface area contributed by atoms with Gasteiger partial charge in [-0.15, -0.1) is 0 Å². The first-order valence-electron chi connectivity index (χ1n) is 5.90. The largest absolute Gasteiger partial charge is 0.524 e. The molecule has 0 aromatic carbocycles. The number of hydrogen-bond donors (Lipinski definition) is 2. The van der Waals surface area contributed by atoms with Crippen LogP contribution in [0, 0.1) is 11.3 Å². The topological polar surface area (TPSA) is 66.8 Å². The summed E-state index contributed by atoms with van der Waals surface area (Å²) in [7, 11) is -4.41. The molecule has 2 rings (SSSR count). The summed E-state index contributed by atoms with van der Waals surface area (Å²) in [6.07, 6.45) is 4.85. The van der Waals surface area contributed by atoms with Crippen LogP contribution in [0.15, 0.2) is 11.3 Å². The quantitative estimate of drug-likeness (QED) is 0.748. The summed E-state index contributed by atoms with van der Waals surface area (Å²) in [6, 6.07) is 0. The van der Waals surface area contributed by atoms with Crippen LogP contribution in [0.25, 0.3) is 0 Å². The number of phosphoric ester groups is 1. The second-order valence-corrected chi connectivity index (χ2v) is 5.98. The second kappa shape index (κ2) is 3.86. The molecule has 1 atom stereocenters. The van der Waals surface area contributed by atoms with Crippen LogP contribution in [0.3, 0.4) is 0 Å². The fraction of sp³-hybridized carbons (Fsp3) is 0.818. The molecule has 1 unspecified atom stereocenters. The molecule has 16 heavy (non-hydrogen) atoms. The van der Waals surface area contributed by atoms with Gasteiger partial charge in [0.1, 0.15) is 5.76 Å². The fourth-order valence-corrected chi connectivity index (χ4v) is 4.04. The van der Waals surface area contributed by atoms with Gasteiger partial charge in [-0.2, -0.15) is 0 Å². The minimum atomic E-state index is -4.41. The van der Waals surface area contributed by atoms with E-state index in [1.165, 1.54) is 0 Å². The van der Waals surface area contributed by atoms with Gasteiger partial charge in [0.25, 0.3) is 0 Å². The minimum Gasteiger partial charge on any atom is -0.408 e. The Morgan fingerprint density at radius 2 is 2.06 bits per heavy atom. The molecule has 0 spiro atoms. The third kappa shape index (κ3) is 1.73. The van der Waals surface area contributed by atoms with Crippen LogP contribution in [-0.4, -0.2) is 9.79 Å². The van der Waals surface area contributed by atoms with Gasteiger partial charge in [-0.25, -0.2) is 4.57 Å². The Morgan fingerprint density at radius 1 is 1.44 bits per heavy atom. The van der Waals surface area contributed by atoms with Crippen LogP contribution >= 0.6 is 7.82 Å². The lowest BCUT2D eigenvalue weighted by molar-refractivity contribution is 0.121. The van der Waals surface area contributed by atoms with Crippen LogP contribution < -0.4 is 0 Å². The molecule has 1 fully saturated rings. The van der Waals surface area contributed by atoms with E-state index >= 15 is 0 Å². The zero-order chi connectivity index (χ0) is 12.0. The van der Waals surface area contributed by atoms with Crippen molar-refractivity contribution in [1.82, 2.24) is 0 Å². The van der Waals surface area contributed by atoms with Crippen LogP contribution in [0.4, 0.5) is 0 Å². The molecule has 0 radical (unpaired) electrons. The van der Waals surface area contributed by atoms with Gasteiger partial charge in [0.05, 0.1) is 0 Å². The number of fused-ring (bicyclic) bond motifs is 2. The molecular formula is C11H19O4P. The SMILES string of the molecule is CCC1(CC)C(OP(=O)(O)O)=C2CCC1C2. The van der Waals surface area contributed by atoms with Crippen molar-refractivity contribution >= 4 is 7.82 Å². The smallest absolute Gasteiger partial charge is 0.408 e. The maximum atomic E-state index is 11.0. The first-order chi connectivity index (χ1) is 7.43. The van der Waals surface area contributed by atoms with Crippen molar-refractivity contribution in [2.75, 3.05) is 0 Å². The van der Waals surface area contributed by atoms with Gasteiger partial charge >= 0.3 is 7.82 Å². The maximum absolute atomic E-state index is 11.0. The maximum Gasteiger partial charge on any atom is 0.524 e. The first-order valence-corrected chi connectivity index (χ1v) is 7.43. The normalized spacial score (nSPS) is 27.6. The molecule has 92 valence electrons. The summed E-state index contributed by atoms with van der Waals surface area (Å²) in [4.78, 5) is 18.0. The van der Waals surface area contributed by atoms with E-state index in [4.69, 9.17) is 14.3 Å². The van der Waals surface area contributed by atoms with Crippen molar-refractivity contribution in [2.24, 2.45) is 11.3 Å². The van der Waals surface area contributed by atoms with Crippen molar-refractivity contribution in [1.29, 1.82) is 0 Å². The second-order valence-electron chi connectivity index (χ2n) is 4.82. The molecule has 0 saturated heterocycles. The average molecular weight is 246 g/mol. The predicted octanol–water partition coefficient (Wildman–Crippen LogP) is 2.97. The molecule has 5 heteroatoms. The highest BCUT2D eigenvalue weighted by Gasteiger charge is 2.52. The summed E-state index contributed by atoms with van der Waals surface area (Å²) in [5, 5.41) is 0. The number of rotatable bonds is 4. The lowest BCUT2D eigenvalue weighted by atomic mass is 9.70. The van der Waals surface area contributed by atoms with Crippen molar-refractivity contribution in [3.63, 3.8) is 0 Å². The molecule has 2 bridgehead atoms. The Labute approximate surface area is 95.9 Å². The Morgan fingerprint density at radius 3 is 2.56 bits per heavy atom. The summed E-state index contributed by atoms with van der Waals surface area (Å²) >= 11 is 0. The van der Waals surface area contributed by atoms with Gasteiger partial charge < -0.3 is 4.52 Å². The van der Waals surface area contributed by atoms with Crippen molar-refractivity contribution in [3.05, 3.63) is 11.3 Å². The van der Waals surface area contributed by atoms with E-state index in [1.807, 2.05) is 0 Å². The van der Waals surface area contributed by atoms with Crippen LogP contribution in [0.2, 0.25) is 0 Å². The van der Waals surface area contributed by atoms with Crippen LogP contribution in [0.5, 0.6) is 0 Å². The third-order valence-corrected chi connectivity index (χ3v) is 4.73. The zero-order valence-electron chi connectivity index (χ0n) is 9.77. The van der Waals surface area contributed by atoms with E-state index in [0.29, 0.717) is 11.7 Å². The zero-order valence-corrected chi connectivity index (χ0v) is 10.7. The van der Waals surface area contributed by atoms with Crippen LogP contribution in [-0.2, 0) is 9.09 Å². The summed E-state index contributed by atoms with van der Waals surface area (Å²) in [5.74, 6) is 1.14. The average Bonchev–Trinajstić information content (AvgIpc) is 2.75. The number of phosphoric acid groups is 1. The number of hydrogen-bond acceptors (Lipinski definition) is 2. The summed E-state index contributed by atoms with van der Waals surface area (Å²) < 4.78 is 16.0. The van der Waals surface area contributed by atoms with Gasteiger partial charge in [-0.05, 0) is 43.6 Å². The molecule has 4 nitrogen and oxygen atoms in total. The number of allylic oxidation sites excluding steroid dienone is 2. The van der Waals surface area contributed by atoms with Gasteiger partial charge in [-0.1, -0.05) is 13.8 Å². The molecular weight excluding hydrogens is 227 g/mol. The molecule has 2 aliphatic rings. The third-order valence-electron chi connectivity index (χ3n) is 4.31. The molecule has 1 saturated carbocycles. The summed E-state index contributed by atoms with van der Waals surface area (Å²) in [6.45, 7) is 4.15. The van der Waals surface area contributed by atoms with Crippen molar-refractivity contribution in [2.45, 2.75) is 46.0 Å². The highest BCUT2D eigenvalue weighted by atomic mass is 31.2. The van der Waals surface area contributed by atoms with E-state index in [1.54, 1.807) is 0 Å². The van der Waals surface area contributed by atoms with E-state index in [9.17, 15) is 4.57 Å². The highest BCUT2D eigenvalue weighted by molar-refractivity contribution is 7.46. The highest BCUT2D eigenvalue weighted by Crippen LogP contribution is 2.62. The molecule has 0 heterocycles. The van der Waals surface area contributed by atoms with E-state index in [-0.39, 0.29) is 5.41 Å². The Kier molecular flexibility index (Phi) is 2.94. The predicted molar refractivity (Wildman–Crippen MR) is 60.5 cm³/mol. The van der Waals surface area contributed by atoms with E-state index in [2.05, 4.69) is 13.8 Å². The Bertz CT molecular complexity index is 364. The Hall–Kier alpha value is -0.310. The fourth-order valence-electron chi connectivity index (χ4n) is 3.49. The monoisotopic (exact) mass is 246 g/mol. The molecule has 0 aromatic heterocycles. The molecule has 2 N–H and O–H groups in total.